The van der Waals surface area contributed by atoms with E-state index in [0.29, 0.717) is 39.4 Å². The largest absolute Gasteiger partial charge is 0.454 e. The highest BCUT2D eigenvalue weighted by atomic mass is 79.9. The number of thioether (sulfide) groups is 1. The fourth-order valence-electron chi connectivity index (χ4n) is 2.83. The number of nitrogens with zero attached hydrogens (tertiary/aromatic N) is 1. The van der Waals surface area contributed by atoms with Gasteiger partial charge in [0.15, 0.2) is 11.5 Å². The van der Waals surface area contributed by atoms with E-state index >= 15 is 0 Å². The Labute approximate surface area is 185 Å². The Bertz CT molecular complexity index is 1020. The molecule has 2 amide bonds. The average Bonchev–Trinajstić information content (AvgIpc) is 3.27. The standard InChI is InChI=1S/C20H15BrN2O4S2/c21-14-4-2-13(3-5-14)18(24)22-7-8-23-19(25)17(29-20(23)28)10-12-1-6-15-16(9-12)27-11-26-15/h1-6,9-10H,7-8,11H2,(H,22,24)/b17-10+. The predicted octanol–water partition coefficient (Wildman–Crippen LogP) is 3.81. The van der Waals surface area contributed by atoms with Gasteiger partial charge in [0.1, 0.15) is 4.32 Å². The summed E-state index contributed by atoms with van der Waals surface area (Å²) in [5, 5.41) is 2.81. The Balaban J connectivity index is 1.37. The number of benzene rings is 2. The van der Waals surface area contributed by atoms with Crippen molar-refractivity contribution in [3.8, 4) is 11.5 Å². The molecule has 0 saturated carbocycles. The highest BCUT2D eigenvalue weighted by molar-refractivity contribution is 9.10. The number of amides is 2. The highest BCUT2D eigenvalue weighted by Gasteiger charge is 2.31. The number of hydrogen-bond donors (Lipinski definition) is 1. The minimum absolute atomic E-state index is 0.171. The molecule has 29 heavy (non-hydrogen) atoms. The molecule has 2 aliphatic heterocycles. The second-order valence-electron chi connectivity index (χ2n) is 6.21. The predicted molar refractivity (Wildman–Crippen MR) is 119 cm³/mol. The van der Waals surface area contributed by atoms with Crippen molar-refractivity contribution >= 4 is 62.1 Å². The van der Waals surface area contributed by atoms with Crippen molar-refractivity contribution in [1.29, 1.82) is 0 Å². The van der Waals surface area contributed by atoms with Crippen molar-refractivity contribution in [2.24, 2.45) is 0 Å². The molecule has 1 N–H and O–H groups in total. The molecule has 2 aromatic rings. The fraction of sp³-hybridized carbons (Fsp3) is 0.150. The van der Waals surface area contributed by atoms with E-state index in [-0.39, 0.29) is 18.6 Å². The van der Waals surface area contributed by atoms with Crippen LogP contribution in [0.4, 0.5) is 0 Å². The van der Waals surface area contributed by atoms with Crippen LogP contribution in [-0.4, -0.2) is 40.9 Å². The van der Waals surface area contributed by atoms with Gasteiger partial charge in [-0.3, -0.25) is 14.5 Å². The average molecular weight is 491 g/mol. The quantitative estimate of drug-likeness (QED) is 0.507. The van der Waals surface area contributed by atoms with Gasteiger partial charge in [0.05, 0.1) is 4.91 Å². The summed E-state index contributed by atoms with van der Waals surface area (Å²) in [5.74, 6) is 0.982. The van der Waals surface area contributed by atoms with E-state index in [1.807, 2.05) is 18.2 Å². The molecular weight excluding hydrogens is 476 g/mol. The zero-order valence-electron chi connectivity index (χ0n) is 15.0. The summed E-state index contributed by atoms with van der Waals surface area (Å²) in [6, 6.07) is 12.6. The summed E-state index contributed by atoms with van der Waals surface area (Å²) in [7, 11) is 0. The molecule has 6 nitrogen and oxygen atoms in total. The zero-order chi connectivity index (χ0) is 20.4. The van der Waals surface area contributed by atoms with E-state index in [1.54, 1.807) is 30.3 Å². The molecule has 0 unspecified atom stereocenters. The molecule has 0 aromatic heterocycles. The Morgan fingerprint density at radius 1 is 1.21 bits per heavy atom. The number of ether oxygens (including phenoxy) is 2. The van der Waals surface area contributed by atoms with Crippen LogP contribution in [-0.2, 0) is 4.79 Å². The van der Waals surface area contributed by atoms with E-state index in [1.165, 1.54) is 16.7 Å². The summed E-state index contributed by atoms with van der Waals surface area (Å²) in [6.45, 7) is 0.816. The molecule has 0 atom stereocenters. The van der Waals surface area contributed by atoms with Crippen molar-refractivity contribution in [2.45, 2.75) is 0 Å². The van der Waals surface area contributed by atoms with Gasteiger partial charge in [-0.2, -0.15) is 0 Å². The van der Waals surface area contributed by atoms with E-state index in [9.17, 15) is 9.59 Å². The summed E-state index contributed by atoms with van der Waals surface area (Å²) in [6.07, 6.45) is 1.78. The lowest BCUT2D eigenvalue weighted by atomic mass is 10.2. The van der Waals surface area contributed by atoms with Crippen LogP contribution in [0.2, 0.25) is 0 Å². The first-order valence-corrected chi connectivity index (χ1v) is 10.7. The maximum absolute atomic E-state index is 12.7. The molecule has 0 bridgehead atoms. The second-order valence-corrected chi connectivity index (χ2v) is 8.80. The minimum Gasteiger partial charge on any atom is -0.454 e. The number of rotatable bonds is 5. The first-order valence-electron chi connectivity index (χ1n) is 8.70. The number of fused-ring (bicyclic) bond motifs is 1. The van der Waals surface area contributed by atoms with E-state index in [0.717, 1.165) is 10.0 Å². The summed E-state index contributed by atoms with van der Waals surface area (Å²) in [4.78, 5) is 26.9. The van der Waals surface area contributed by atoms with E-state index < -0.39 is 0 Å². The fourth-order valence-corrected chi connectivity index (χ4v) is 4.40. The Kier molecular flexibility index (Phi) is 5.89. The van der Waals surface area contributed by atoms with Crippen LogP contribution >= 0.6 is 39.9 Å². The first-order chi connectivity index (χ1) is 14.0. The van der Waals surface area contributed by atoms with Gasteiger partial charge in [-0.25, -0.2) is 0 Å². The number of thiocarbonyl (C=S) groups is 1. The Hall–Kier alpha value is -2.36. The first kappa shape index (κ1) is 19.9. The molecule has 1 saturated heterocycles. The molecule has 4 rings (SSSR count). The topological polar surface area (TPSA) is 67.9 Å². The molecule has 2 heterocycles. The van der Waals surface area contributed by atoms with Gasteiger partial charge in [-0.15, -0.1) is 0 Å². The maximum atomic E-state index is 12.7. The van der Waals surface area contributed by atoms with Gasteiger partial charge in [-0.1, -0.05) is 46.0 Å². The highest BCUT2D eigenvalue weighted by Crippen LogP contribution is 2.36. The zero-order valence-corrected chi connectivity index (χ0v) is 18.2. The van der Waals surface area contributed by atoms with Crippen LogP contribution in [0, 0.1) is 0 Å². The van der Waals surface area contributed by atoms with Crippen LogP contribution in [0.25, 0.3) is 6.08 Å². The molecule has 0 radical (unpaired) electrons. The van der Waals surface area contributed by atoms with Gasteiger partial charge < -0.3 is 14.8 Å². The third-order valence-corrected chi connectivity index (χ3v) is 6.20. The van der Waals surface area contributed by atoms with Crippen molar-refractivity contribution in [1.82, 2.24) is 10.2 Å². The van der Waals surface area contributed by atoms with Crippen LogP contribution in [0.5, 0.6) is 11.5 Å². The molecule has 0 spiro atoms. The van der Waals surface area contributed by atoms with Gasteiger partial charge in [-0.05, 0) is 48.0 Å². The third-order valence-electron chi connectivity index (χ3n) is 4.30. The van der Waals surface area contributed by atoms with Crippen LogP contribution in [0.1, 0.15) is 15.9 Å². The van der Waals surface area contributed by atoms with Gasteiger partial charge in [0.2, 0.25) is 6.79 Å². The molecule has 2 aromatic carbocycles. The Morgan fingerprint density at radius 2 is 1.97 bits per heavy atom. The molecule has 148 valence electrons. The maximum Gasteiger partial charge on any atom is 0.266 e. The lowest BCUT2D eigenvalue weighted by molar-refractivity contribution is -0.122. The summed E-state index contributed by atoms with van der Waals surface area (Å²) >= 11 is 9.93. The molecular formula is C20H15BrN2O4S2. The van der Waals surface area contributed by atoms with Crippen molar-refractivity contribution < 1.29 is 19.1 Å². The third kappa shape index (κ3) is 4.47. The molecule has 0 aliphatic carbocycles. The van der Waals surface area contributed by atoms with Crippen molar-refractivity contribution in [3.05, 3.63) is 63.0 Å². The van der Waals surface area contributed by atoms with Crippen LogP contribution in [0.15, 0.2) is 51.8 Å². The molecule has 2 aliphatic rings. The number of nitrogens with one attached hydrogen (secondary N) is 1. The molecule has 9 heteroatoms. The van der Waals surface area contributed by atoms with Crippen LogP contribution in [0.3, 0.4) is 0 Å². The lowest BCUT2D eigenvalue weighted by Crippen LogP contribution is -2.37. The minimum atomic E-state index is -0.196. The van der Waals surface area contributed by atoms with Crippen molar-refractivity contribution in [3.63, 3.8) is 0 Å². The molecule has 1 fully saturated rings. The van der Waals surface area contributed by atoms with Gasteiger partial charge in [0.25, 0.3) is 11.8 Å². The lowest BCUT2D eigenvalue weighted by Gasteiger charge is -2.14. The summed E-state index contributed by atoms with van der Waals surface area (Å²) in [5.41, 5.74) is 1.39. The van der Waals surface area contributed by atoms with E-state index in [2.05, 4.69) is 21.2 Å². The summed E-state index contributed by atoms with van der Waals surface area (Å²) < 4.78 is 12.0. The normalized spacial score (nSPS) is 16.6. The monoisotopic (exact) mass is 490 g/mol. The smallest absolute Gasteiger partial charge is 0.266 e. The number of carbonyl (C=O) groups is 2. The second kappa shape index (κ2) is 8.56. The number of halogens is 1. The van der Waals surface area contributed by atoms with Crippen molar-refractivity contribution in [2.75, 3.05) is 19.9 Å². The number of carbonyl (C=O) groups excluding carboxylic acids is 2. The number of hydrogen-bond acceptors (Lipinski definition) is 6. The van der Waals surface area contributed by atoms with E-state index in [4.69, 9.17) is 21.7 Å². The van der Waals surface area contributed by atoms with Gasteiger partial charge in [0, 0.05) is 23.1 Å². The van der Waals surface area contributed by atoms with Gasteiger partial charge >= 0.3 is 0 Å². The SMILES string of the molecule is O=C(NCCN1C(=O)/C(=C\c2ccc3c(c2)OCO3)SC1=S)c1ccc(Br)cc1. The Morgan fingerprint density at radius 3 is 2.76 bits per heavy atom. The van der Waals surface area contributed by atoms with Crippen LogP contribution < -0.4 is 14.8 Å².